The molecule has 2 rings (SSSR count). The summed E-state index contributed by atoms with van der Waals surface area (Å²) in [5.41, 5.74) is 0.908. The van der Waals surface area contributed by atoms with Gasteiger partial charge in [-0.25, -0.2) is 0 Å². The molecule has 2 aromatic carbocycles. The Morgan fingerprint density at radius 2 is 1.87 bits per heavy atom. The van der Waals surface area contributed by atoms with E-state index >= 15 is 0 Å². The summed E-state index contributed by atoms with van der Waals surface area (Å²) < 4.78 is 0. The lowest BCUT2D eigenvalue weighted by molar-refractivity contribution is 0.185. The van der Waals surface area contributed by atoms with Gasteiger partial charge in [-0.05, 0) is 16.3 Å². The van der Waals surface area contributed by atoms with Crippen LogP contribution in [-0.4, -0.2) is 5.11 Å². The van der Waals surface area contributed by atoms with E-state index in [1.165, 1.54) is 0 Å². The molecule has 0 bridgehead atoms. The van der Waals surface area contributed by atoms with E-state index in [0.717, 1.165) is 16.3 Å². The summed E-state index contributed by atoms with van der Waals surface area (Å²) in [7, 11) is 0. The molecule has 0 aliphatic rings. The van der Waals surface area contributed by atoms with Gasteiger partial charge < -0.3 is 5.11 Å². The molecule has 0 aliphatic heterocycles. The zero-order valence-corrected chi connectivity index (χ0v) is 8.35. The van der Waals surface area contributed by atoms with Crippen LogP contribution in [0.2, 0.25) is 0 Å². The standard InChI is InChI=1S/C14H12O/c1-2-6-14(15)13-10-5-8-11-7-3-4-9-12(11)13/h1,3-5,7-10,14-15H,6H2/t14-/m0/s1. The fraction of sp³-hybridized carbons (Fsp3) is 0.143. The number of benzene rings is 2. The predicted molar refractivity (Wildman–Crippen MR) is 62.4 cm³/mol. The number of hydrogen-bond donors (Lipinski definition) is 1. The second kappa shape index (κ2) is 4.16. The van der Waals surface area contributed by atoms with Crippen molar-refractivity contribution in [2.45, 2.75) is 12.5 Å². The highest BCUT2D eigenvalue weighted by molar-refractivity contribution is 5.85. The summed E-state index contributed by atoms with van der Waals surface area (Å²) in [6, 6.07) is 13.9. The van der Waals surface area contributed by atoms with Crippen LogP contribution in [0.4, 0.5) is 0 Å². The normalized spacial score (nSPS) is 12.3. The molecule has 0 heterocycles. The third kappa shape index (κ3) is 1.86. The lowest BCUT2D eigenvalue weighted by atomic mass is 9.99. The third-order valence-electron chi connectivity index (χ3n) is 2.49. The van der Waals surface area contributed by atoms with Crippen LogP contribution in [-0.2, 0) is 0 Å². The van der Waals surface area contributed by atoms with E-state index in [2.05, 4.69) is 5.92 Å². The van der Waals surface area contributed by atoms with Gasteiger partial charge in [-0.1, -0.05) is 42.5 Å². The summed E-state index contributed by atoms with van der Waals surface area (Å²) in [6.07, 6.45) is 4.99. The summed E-state index contributed by atoms with van der Waals surface area (Å²) in [5.74, 6) is 2.48. The molecular weight excluding hydrogens is 184 g/mol. The second-order valence-corrected chi connectivity index (χ2v) is 3.49. The highest BCUT2D eigenvalue weighted by Gasteiger charge is 2.08. The van der Waals surface area contributed by atoms with Crippen LogP contribution >= 0.6 is 0 Å². The Morgan fingerprint density at radius 3 is 2.67 bits per heavy atom. The number of aliphatic hydroxyl groups excluding tert-OH is 1. The maximum absolute atomic E-state index is 9.88. The molecule has 2 aromatic rings. The molecule has 0 unspecified atom stereocenters. The van der Waals surface area contributed by atoms with Crippen molar-refractivity contribution in [3.8, 4) is 12.3 Å². The molecule has 0 spiro atoms. The van der Waals surface area contributed by atoms with Crippen molar-refractivity contribution >= 4 is 10.8 Å². The molecule has 15 heavy (non-hydrogen) atoms. The largest absolute Gasteiger partial charge is 0.387 e. The first-order valence-electron chi connectivity index (χ1n) is 4.92. The Bertz CT molecular complexity index is 503. The lowest BCUT2D eigenvalue weighted by Gasteiger charge is -2.10. The average Bonchev–Trinajstić information content (AvgIpc) is 2.28. The Balaban J connectivity index is 2.56. The van der Waals surface area contributed by atoms with Gasteiger partial charge in [0, 0.05) is 6.42 Å². The SMILES string of the molecule is C#CC[C@H](O)c1cccc2ccccc12. The molecular formula is C14H12O. The van der Waals surface area contributed by atoms with Gasteiger partial charge in [0.25, 0.3) is 0 Å². The molecule has 0 saturated carbocycles. The van der Waals surface area contributed by atoms with Gasteiger partial charge >= 0.3 is 0 Å². The van der Waals surface area contributed by atoms with Crippen LogP contribution < -0.4 is 0 Å². The number of fused-ring (bicyclic) bond motifs is 1. The van der Waals surface area contributed by atoms with Crippen molar-refractivity contribution in [3.05, 3.63) is 48.0 Å². The minimum Gasteiger partial charge on any atom is -0.387 e. The molecule has 1 heteroatoms. The van der Waals surface area contributed by atoms with Crippen LogP contribution in [0.5, 0.6) is 0 Å². The van der Waals surface area contributed by atoms with E-state index in [9.17, 15) is 5.11 Å². The first-order valence-corrected chi connectivity index (χ1v) is 4.92. The van der Waals surface area contributed by atoms with Crippen molar-refractivity contribution in [1.82, 2.24) is 0 Å². The zero-order chi connectivity index (χ0) is 10.7. The van der Waals surface area contributed by atoms with Gasteiger partial charge in [-0.3, -0.25) is 0 Å². The van der Waals surface area contributed by atoms with Crippen LogP contribution in [0.1, 0.15) is 18.1 Å². The number of hydrogen-bond acceptors (Lipinski definition) is 1. The topological polar surface area (TPSA) is 20.2 Å². The molecule has 0 aromatic heterocycles. The summed E-state index contributed by atoms with van der Waals surface area (Å²) in [5, 5.41) is 12.1. The highest BCUT2D eigenvalue weighted by Crippen LogP contribution is 2.25. The van der Waals surface area contributed by atoms with Gasteiger partial charge in [0.1, 0.15) is 0 Å². The Hall–Kier alpha value is -1.78. The highest BCUT2D eigenvalue weighted by atomic mass is 16.3. The third-order valence-corrected chi connectivity index (χ3v) is 2.49. The molecule has 0 radical (unpaired) electrons. The Labute approximate surface area is 89.4 Å². The number of terminal acetylenes is 1. The Morgan fingerprint density at radius 1 is 1.13 bits per heavy atom. The fourth-order valence-corrected chi connectivity index (χ4v) is 1.76. The van der Waals surface area contributed by atoms with E-state index in [-0.39, 0.29) is 0 Å². The van der Waals surface area contributed by atoms with Gasteiger partial charge in [0.05, 0.1) is 6.10 Å². The molecule has 1 nitrogen and oxygen atoms in total. The minimum atomic E-state index is -0.568. The van der Waals surface area contributed by atoms with Crippen molar-refractivity contribution < 1.29 is 5.11 Å². The monoisotopic (exact) mass is 196 g/mol. The van der Waals surface area contributed by atoms with E-state index in [0.29, 0.717) is 6.42 Å². The van der Waals surface area contributed by atoms with Crippen molar-refractivity contribution in [3.63, 3.8) is 0 Å². The second-order valence-electron chi connectivity index (χ2n) is 3.49. The molecule has 1 atom stereocenters. The summed E-state index contributed by atoms with van der Waals surface area (Å²) >= 11 is 0. The predicted octanol–water partition coefficient (Wildman–Crippen LogP) is 2.90. The zero-order valence-electron chi connectivity index (χ0n) is 8.35. The van der Waals surface area contributed by atoms with Gasteiger partial charge in [0.2, 0.25) is 0 Å². The van der Waals surface area contributed by atoms with E-state index in [1.807, 2.05) is 42.5 Å². The van der Waals surface area contributed by atoms with E-state index < -0.39 is 6.10 Å². The Kier molecular flexibility index (Phi) is 2.71. The number of aliphatic hydroxyl groups is 1. The van der Waals surface area contributed by atoms with E-state index in [4.69, 9.17) is 6.42 Å². The summed E-state index contributed by atoms with van der Waals surface area (Å²) in [6.45, 7) is 0. The first kappa shape index (κ1) is 9.76. The fourth-order valence-electron chi connectivity index (χ4n) is 1.76. The quantitative estimate of drug-likeness (QED) is 0.732. The van der Waals surface area contributed by atoms with Crippen LogP contribution in [0, 0.1) is 12.3 Å². The lowest BCUT2D eigenvalue weighted by Crippen LogP contribution is -1.96. The van der Waals surface area contributed by atoms with Crippen molar-refractivity contribution in [2.75, 3.05) is 0 Å². The minimum absolute atomic E-state index is 0.355. The molecule has 0 amide bonds. The smallest absolute Gasteiger partial charge is 0.0905 e. The summed E-state index contributed by atoms with van der Waals surface area (Å²) in [4.78, 5) is 0. The van der Waals surface area contributed by atoms with Gasteiger partial charge in [-0.2, -0.15) is 0 Å². The molecule has 0 fully saturated rings. The average molecular weight is 196 g/mol. The first-order chi connectivity index (χ1) is 7.33. The maximum Gasteiger partial charge on any atom is 0.0905 e. The number of rotatable bonds is 2. The van der Waals surface area contributed by atoms with Gasteiger partial charge in [-0.15, -0.1) is 12.3 Å². The van der Waals surface area contributed by atoms with Crippen LogP contribution in [0.15, 0.2) is 42.5 Å². The maximum atomic E-state index is 9.88. The van der Waals surface area contributed by atoms with Crippen LogP contribution in [0.25, 0.3) is 10.8 Å². The molecule has 0 aliphatic carbocycles. The van der Waals surface area contributed by atoms with Crippen molar-refractivity contribution in [1.29, 1.82) is 0 Å². The van der Waals surface area contributed by atoms with Crippen LogP contribution in [0.3, 0.4) is 0 Å². The van der Waals surface area contributed by atoms with Crippen molar-refractivity contribution in [2.24, 2.45) is 0 Å². The van der Waals surface area contributed by atoms with E-state index in [1.54, 1.807) is 0 Å². The van der Waals surface area contributed by atoms with Gasteiger partial charge in [0.15, 0.2) is 0 Å². The molecule has 1 N–H and O–H groups in total. The molecule has 74 valence electrons. The molecule has 0 saturated heterocycles.